The molecule has 0 saturated carbocycles. The molecule has 0 saturated heterocycles. The first-order valence-electron chi connectivity index (χ1n) is 12.1. The molecule has 0 radical (unpaired) electrons. The Morgan fingerprint density at radius 2 is 1.91 bits per heavy atom. The van der Waals surface area contributed by atoms with Crippen molar-refractivity contribution >= 4 is 34.4 Å². The third kappa shape index (κ3) is 4.33. The summed E-state index contributed by atoms with van der Waals surface area (Å²) in [5.74, 6) is 1.56. The summed E-state index contributed by atoms with van der Waals surface area (Å²) < 4.78 is 1.84. The van der Waals surface area contributed by atoms with Crippen molar-refractivity contribution in [3.8, 4) is 5.69 Å². The van der Waals surface area contributed by atoms with Gasteiger partial charge in [-0.05, 0) is 56.9 Å². The van der Waals surface area contributed by atoms with Gasteiger partial charge in [-0.25, -0.2) is 14.6 Å². The SMILES string of the molecule is CCc1nc(SCC(=O)N2c3ccc(C)cc3C(C)CC2(C)C)c2cnn(-c3ccccc3)c2n1. The maximum absolute atomic E-state index is 13.7. The molecule has 7 heteroatoms. The topological polar surface area (TPSA) is 63.9 Å². The van der Waals surface area contributed by atoms with E-state index in [0.29, 0.717) is 18.1 Å². The molecule has 2 aromatic heterocycles. The van der Waals surface area contributed by atoms with E-state index in [1.165, 1.54) is 22.9 Å². The Balaban J connectivity index is 1.47. The molecule has 1 aliphatic heterocycles. The fourth-order valence-electron chi connectivity index (χ4n) is 5.17. The maximum atomic E-state index is 13.7. The van der Waals surface area contributed by atoms with Gasteiger partial charge in [0.25, 0.3) is 0 Å². The predicted octanol–water partition coefficient (Wildman–Crippen LogP) is 6.10. The van der Waals surface area contributed by atoms with E-state index in [0.717, 1.165) is 39.7 Å². The molecule has 4 aromatic rings. The quantitative estimate of drug-likeness (QED) is 0.253. The smallest absolute Gasteiger partial charge is 0.237 e. The van der Waals surface area contributed by atoms with Crippen LogP contribution in [0, 0.1) is 6.92 Å². The van der Waals surface area contributed by atoms with Gasteiger partial charge in [0.2, 0.25) is 5.91 Å². The van der Waals surface area contributed by atoms with Crippen LogP contribution in [0.15, 0.2) is 59.8 Å². The van der Waals surface area contributed by atoms with Crippen molar-refractivity contribution < 1.29 is 4.79 Å². The van der Waals surface area contributed by atoms with Gasteiger partial charge in [0.15, 0.2) is 5.65 Å². The van der Waals surface area contributed by atoms with Crippen molar-refractivity contribution in [2.45, 2.75) is 63.9 Å². The highest BCUT2D eigenvalue weighted by atomic mass is 32.2. The number of para-hydroxylation sites is 1. The Labute approximate surface area is 210 Å². The van der Waals surface area contributed by atoms with E-state index >= 15 is 0 Å². The van der Waals surface area contributed by atoms with Gasteiger partial charge in [-0.15, -0.1) is 0 Å². The largest absolute Gasteiger partial charge is 0.306 e. The van der Waals surface area contributed by atoms with Crippen molar-refractivity contribution in [2.24, 2.45) is 0 Å². The zero-order valence-corrected chi connectivity index (χ0v) is 21.8. The van der Waals surface area contributed by atoms with Crippen molar-refractivity contribution in [2.75, 3.05) is 10.7 Å². The summed E-state index contributed by atoms with van der Waals surface area (Å²) in [7, 11) is 0. The lowest BCUT2D eigenvalue weighted by Gasteiger charge is -2.46. The third-order valence-corrected chi connectivity index (χ3v) is 7.68. The van der Waals surface area contributed by atoms with Crippen LogP contribution in [-0.2, 0) is 11.2 Å². The summed E-state index contributed by atoms with van der Waals surface area (Å²) in [4.78, 5) is 25.2. The summed E-state index contributed by atoms with van der Waals surface area (Å²) in [6.07, 6.45) is 3.45. The Kier molecular flexibility index (Phi) is 6.13. The van der Waals surface area contributed by atoms with Gasteiger partial charge in [0.1, 0.15) is 10.9 Å². The van der Waals surface area contributed by atoms with E-state index in [2.05, 4.69) is 51.0 Å². The lowest BCUT2D eigenvalue weighted by Crippen LogP contribution is -2.52. The molecule has 0 spiro atoms. The number of hydrogen-bond donors (Lipinski definition) is 0. The van der Waals surface area contributed by atoms with Gasteiger partial charge < -0.3 is 4.90 Å². The number of amides is 1. The van der Waals surface area contributed by atoms with Gasteiger partial charge in [-0.1, -0.05) is 61.5 Å². The minimum absolute atomic E-state index is 0.0947. The van der Waals surface area contributed by atoms with E-state index in [9.17, 15) is 4.79 Å². The minimum atomic E-state index is -0.257. The summed E-state index contributed by atoms with van der Waals surface area (Å²) in [5, 5.41) is 6.26. The highest BCUT2D eigenvalue weighted by Crippen LogP contribution is 2.44. The molecule has 5 rings (SSSR count). The second-order valence-corrected chi connectivity index (χ2v) is 10.9. The lowest BCUT2D eigenvalue weighted by molar-refractivity contribution is -0.117. The van der Waals surface area contributed by atoms with Crippen molar-refractivity contribution in [1.82, 2.24) is 19.7 Å². The van der Waals surface area contributed by atoms with Gasteiger partial charge in [0.05, 0.1) is 23.0 Å². The van der Waals surface area contributed by atoms with Crippen molar-refractivity contribution in [3.05, 3.63) is 71.7 Å². The van der Waals surface area contributed by atoms with Gasteiger partial charge in [-0.3, -0.25) is 4.79 Å². The van der Waals surface area contributed by atoms with E-state index in [-0.39, 0.29) is 11.4 Å². The molecule has 2 aromatic carbocycles. The number of carbonyl (C=O) groups excluding carboxylic acids is 1. The number of benzene rings is 2. The molecule has 3 heterocycles. The van der Waals surface area contributed by atoms with E-state index in [4.69, 9.17) is 9.97 Å². The summed E-state index contributed by atoms with van der Waals surface area (Å²) in [6, 6.07) is 16.4. The summed E-state index contributed by atoms with van der Waals surface area (Å²) in [5.41, 5.74) is 4.97. The number of nitrogens with zero attached hydrogens (tertiary/aromatic N) is 5. The molecule has 1 amide bonds. The number of hydrogen-bond acceptors (Lipinski definition) is 5. The van der Waals surface area contributed by atoms with Crippen LogP contribution in [0.5, 0.6) is 0 Å². The van der Waals surface area contributed by atoms with Crippen LogP contribution in [0.25, 0.3) is 16.7 Å². The number of aromatic nitrogens is 4. The first kappa shape index (κ1) is 23.5. The van der Waals surface area contributed by atoms with Crippen LogP contribution in [-0.4, -0.2) is 36.9 Å². The van der Waals surface area contributed by atoms with Crippen LogP contribution in [0.1, 0.15) is 57.0 Å². The number of carbonyl (C=O) groups is 1. The fraction of sp³-hybridized carbons (Fsp3) is 0.357. The molecule has 1 unspecified atom stereocenters. The monoisotopic (exact) mass is 485 g/mol. The van der Waals surface area contributed by atoms with Crippen LogP contribution < -0.4 is 4.90 Å². The summed E-state index contributed by atoms with van der Waals surface area (Å²) in [6.45, 7) is 10.7. The Hall–Kier alpha value is -3.19. The van der Waals surface area contributed by atoms with Crippen LogP contribution in [0.3, 0.4) is 0 Å². The Morgan fingerprint density at radius 3 is 2.66 bits per heavy atom. The number of fused-ring (bicyclic) bond motifs is 2. The molecule has 0 aliphatic carbocycles. The second kappa shape index (κ2) is 9.11. The van der Waals surface area contributed by atoms with Crippen molar-refractivity contribution in [1.29, 1.82) is 0 Å². The zero-order chi connectivity index (χ0) is 24.7. The second-order valence-electron chi connectivity index (χ2n) is 9.93. The third-order valence-electron chi connectivity index (χ3n) is 6.70. The van der Waals surface area contributed by atoms with Crippen LogP contribution >= 0.6 is 11.8 Å². The first-order chi connectivity index (χ1) is 16.8. The molecule has 6 nitrogen and oxygen atoms in total. The molecule has 0 N–H and O–H groups in total. The standard InChI is InChI=1S/C28H31N5OS/c1-6-24-30-26-22(16-29-33(26)20-10-8-7-9-11-20)27(31-24)35-17-25(34)32-23-13-12-18(2)14-21(23)19(3)15-28(32,4)5/h7-14,16,19H,6,15,17H2,1-5H3. The fourth-order valence-corrected chi connectivity index (χ4v) is 6.03. The van der Waals surface area contributed by atoms with Crippen molar-refractivity contribution in [3.63, 3.8) is 0 Å². The average molecular weight is 486 g/mol. The highest BCUT2D eigenvalue weighted by Gasteiger charge is 2.39. The van der Waals surface area contributed by atoms with Gasteiger partial charge in [-0.2, -0.15) is 5.10 Å². The van der Waals surface area contributed by atoms with E-state index < -0.39 is 0 Å². The van der Waals surface area contributed by atoms with Crippen LogP contribution in [0.4, 0.5) is 5.69 Å². The zero-order valence-electron chi connectivity index (χ0n) is 20.9. The predicted molar refractivity (Wildman–Crippen MR) is 143 cm³/mol. The number of anilines is 1. The normalized spacial score (nSPS) is 16.9. The molecule has 0 fully saturated rings. The molecule has 0 bridgehead atoms. The Morgan fingerprint density at radius 1 is 1.14 bits per heavy atom. The molecular formula is C28H31N5OS. The van der Waals surface area contributed by atoms with Gasteiger partial charge >= 0.3 is 0 Å². The molecule has 180 valence electrons. The van der Waals surface area contributed by atoms with E-state index in [1.54, 1.807) is 6.20 Å². The van der Waals surface area contributed by atoms with Gasteiger partial charge in [0, 0.05) is 17.6 Å². The molecule has 1 aliphatic rings. The maximum Gasteiger partial charge on any atom is 0.237 e. The number of rotatable bonds is 5. The molecule has 35 heavy (non-hydrogen) atoms. The average Bonchev–Trinajstić information content (AvgIpc) is 3.27. The highest BCUT2D eigenvalue weighted by molar-refractivity contribution is 8.00. The first-order valence-corrected chi connectivity index (χ1v) is 13.1. The van der Waals surface area contributed by atoms with Crippen LogP contribution in [0.2, 0.25) is 0 Å². The summed E-state index contributed by atoms with van der Waals surface area (Å²) >= 11 is 1.47. The molecular weight excluding hydrogens is 454 g/mol. The minimum Gasteiger partial charge on any atom is -0.306 e. The molecule has 1 atom stereocenters. The lowest BCUT2D eigenvalue weighted by atomic mass is 9.79. The number of thioether (sulfide) groups is 1. The Bertz CT molecular complexity index is 1400. The van der Waals surface area contributed by atoms with E-state index in [1.807, 2.05) is 46.8 Å². The number of aryl methyl sites for hydroxylation is 2.